The van der Waals surface area contributed by atoms with Gasteiger partial charge in [-0.25, -0.2) is 31.3 Å². The van der Waals surface area contributed by atoms with Gasteiger partial charge < -0.3 is 4.57 Å². The van der Waals surface area contributed by atoms with Crippen LogP contribution in [-0.2, 0) is 23.2 Å². The van der Waals surface area contributed by atoms with Gasteiger partial charge in [-0.3, -0.25) is 4.79 Å². The molecule has 0 saturated heterocycles. The van der Waals surface area contributed by atoms with Crippen molar-refractivity contribution in [2.45, 2.75) is 11.1 Å². The number of aromatic nitrogens is 2. The van der Waals surface area contributed by atoms with Gasteiger partial charge in [0.2, 0.25) is 0 Å². The van der Waals surface area contributed by atoms with Crippen molar-refractivity contribution in [3.63, 3.8) is 0 Å². The molecule has 0 bridgehead atoms. The van der Waals surface area contributed by atoms with E-state index in [-0.39, 0.29) is 0 Å². The Bertz CT molecular complexity index is 1260. The van der Waals surface area contributed by atoms with E-state index in [9.17, 15) is 39.6 Å². The van der Waals surface area contributed by atoms with E-state index in [4.69, 9.17) is 0 Å². The Morgan fingerprint density at radius 3 is 2.23 bits per heavy atom. The van der Waals surface area contributed by atoms with Gasteiger partial charge >= 0.3 is 6.18 Å². The molecular formula is C18H11F6N3O3S. The van der Waals surface area contributed by atoms with Crippen LogP contribution in [0, 0.1) is 17.5 Å². The summed E-state index contributed by atoms with van der Waals surface area (Å²) in [5.74, 6) is -5.77. The SMILES string of the molecule is Cn1cc(C(=O)NS(=O)(=O)c2ccccc2C(F)(F)F)nc1-c1c(F)cc(F)cc1F. The molecule has 164 valence electrons. The Balaban J connectivity index is 1.97. The van der Waals surface area contributed by atoms with Crippen molar-refractivity contribution in [3.05, 3.63) is 71.3 Å². The van der Waals surface area contributed by atoms with E-state index >= 15 is 0 Å². The molecule has 6 nitrogen and oxygen atoms in total. The molecule has 0 aliphatic rings. The zero-order valence-corrected chi connectivity index (χ0v) is 16.2. The molecule has 2 aromatic carbocycles. The first-order valence-corrected chi connectivity index (χ1v) is 9.71. The maximum absolute atomic E-state index is 14.0. The van der Waals surface area contributed by atoms with E-state index in [1.165, 1.54) is 11.8 Å². The third-order valence-electron chi connectivity index (χ3n) is 4.05. The van der Waals surface area contributed by atoms with Crippen molar-refractivity contribution in [2.75, 3.05) is 0 Å². The lowest BCUT2D eigenvalue weighted by Gasteiger charge is -2.13. The minimum absolute atomic E-state index is 0.380. The lowest BCUT2D eigenvalue weighted by Crippen LogP contribution is -2.32. The molecule has 0 aliphatic carbocycles. The van der Waals surface area contributed by atoms with Crippen LogP contribution in [0.4, 0.5) is 26.3 Å². The molecule has 1 heterocycles. The number of alkyl halides is 3. The summed E-state index contributed by atoms with van der Waals surface area (Å²) >= 11 is 0. The first-order valence-electron chi connectivity index (χ1n) is 8.23. The Morgan fingerprint density at radius 1 is 1.06 bits per heavy atom. The van der Waals surface area contributed by atoms with Gasteiger partial charge in [0.1, 0.15) is 29.0 Å². The molecule has 1 aromatic heterocycles. The number of imidazole rings is 1. The predicted octanol–water partition coefficient (Wildman–Crippen LogP) is 3.64. The second-order valence-corrected chi connectivity index (χ2v) is 7.88. The molecule has 0 saturated carbocycles. The van der Waals surface area contributed by atoms with Crippen molar-refractivity contribution in [2.24, 2.45) is 7.05 Å². The van der Waals surface area contributed by atoms with Crippen LogP contribution >= 0.6 is 0 Å². The number of aryl methyl sites for hydroxylation is 1. The normalized spacial score (nSPS) is 12.1. The number of benzene rings is 2. The zero-order valence-electron chi connectivity index (χ0n) is 15.3. The van der Waals surface area contributed by atoms with E-state index in [2.05, 4.69) is 4.98 Å². The second kappa shape index (κ2) is 7.72. The van der Waals surface area contributed by atoms with Crippen LogP contribution in [0.1, 0.15) is 16.1 Å². The van der Waals surface area contributed by atoms with Crippen LogP contribution in [0.2, 0.25) is 0 Å². The summed E-state index contributed by atoms with van der Waals surface area (Å²) in [6.45, 7) is 0. The molecule has 0 spiro atoms. The van der Waals surface area contributed by atoms with E-state index in [1.54, 1.807) is 0 Å². The Hall–Kier alpha value is -3.35. The maximum atomic E-state index is 14.0. The lowest BCUT2D eigenvalue weighted by molar-refractivity contribution is -0.139. The average Bonchev–Trinajstić information content (AvgIpc) is 3.01. The monoisotopic (exact) mass is 463 g/mol. The predicted molar refractivity (Wildman–Crippen MR) is 94.6 cm³/mol. The van der Waals surface area contributed by atoms with Gasteiger partial charge in [-0.05, 0) is 12.1 Å². The number of amides is 1. The summed E-state index contributed by atoms with van der Waals surface area (Å²) in [5, 5.41) is 0. The van der Waals surface area contributed by atoms with Crippen molar-refractivity contribution in [1.29, 1.82) is 0 Å². The number of sulfonamides is 1. The summed E-state index contributed by atoms with van der Waals surface area (Å²) in [5.41, 5.74) is -2.94. The number of nitrogens with zero attached hydrogens (tertiary/aromatic N) is 2. The minimum Gasteiger partial charge on any atom is -0.333 e. The van der Waals surface area contributed by atoms with Crippen molar-refractivity contribution in [1.82, 2.24) is 14.3 Å². The van der Waals surface area contributed by atoms with Crippen molar-refractivity contribution < 1.29 is 39.6 Å². The van der Waals surface area contributed by atoms with Crippen LogP contribution in [0.15, 0.2) is 47.5 Å². The lowest BCUT2D eigenvalue weighted by atomic mass is 10.2. The minimum atomic E-state index is -5.01. The molecule has 1 N–H and O–H groups in total. The average molecular weight is 463 g/mol. The van der Waals surface area contributed by atoms with Gasteiger partial charge in [-0.2, -0.15) is 13.2 Å². The summed E-state index contributed by atoms with van der Waals surface area (Å²) < 4.78 is 108. The van der Waals surface area contributed by atoms with Gasteiger partial charge in [0, 0.05) is 25.4 Å². The van der Waals surface area contributed by atoms with E-state index in [0.29, 0.717) is 24.3 Å². The second-order valence-electron chi connectivity index (χ2n) is 6.23. The van der Waals surface area contributed by atoms with Crippen LogP contribution in [0.3, 0.4) is 0 Å². The molecule has 3 aromatic rings. The molecular weight excluding hydrogens is 452 g/mol. The molecule has 0 atom stereocenters. The van der Waals surface area contributed by atoms with Gasteiger partial charge in [0.15, 0.2) is 0 Å². The fraction of sp³-hybridized carbons (Fsp3) is 0.111. The largest absolute Gasteiger partial charge is 0.417 e. The number of hydrogen-bond donors (Lipinski definition) is 1. The highest BCUT2D eigenvalue weighted by molar-refractivity contribution is 7.90. The fourth-order valence-electron chi connectivity index (χ4n) is 2.73. The molecule has 13 heteroatoms. The highest BCUT2D eigenvalue weighted by Gasteiger charge is 2.37. The van der Waals surface area contributed by atoms with Gasteiger partial charge in [0.25, 0.3) is 15.9 Å². The maximum Gasteiger partial charge on any atom is 0.417 e. The molecule has 3 rings (SSSR count). The number of hydrogen-bond acceptors (Lipinski definition) is 4. The van der Waals surface area contributed by atoms with Crippen molar-refractivity contribution in [3.8, 4) is 11.4 Å². The van der Waals surface area contributed by atoms with Crippen LogP contribution < -0.4 is 4.72 Å². The number of carbonyl (C=O) groups is 1. The number of halogens is 6. The quantitative estimate of drug-likeness (QED) is 0.600. The molecule has 0 radical (unpaired) electrons. The smallest absolute Gasteiger partial charge is 0.333 e. The van der Waals surface area contributed by atoms with Crippen LogP contribution in [0.5, 0.6) is 0 Å². The Morgan fingerprint density at radius 2 is 1.65 bits per heavy atom. The summed E-state index contributed by atoms with van der Waals surface area (Å²) in [7, 11) is -3.76. The van der Waals surface area contributed by atoms with Gasteiger partial charge in [-0.15, -0.1) is 0 Å². The highest BCUT2D eigenvalue weighted by atomic mass is 32.2. The summed E-state index contributed by atoms with van der Waals surface area (Å²) in [6.07, 6.45) is -4.11. The van der Waals surface area contributed by atoms with Gasteiger partial charge in [-0.1, -0.05) is 12.1 Å². The molecule has 31 heavy (non-hydrogen) atoms. The first-order chi connectivity index (χ1) is 14.3. The highest BCUT2D eigenvalue weighted by Crippen LogP contribution is 2.34. The van der Waals surface area contributed by atoms with E-state index in [0.717, 1.165) is 22.9 Å². The molecule has 1 amide bonds. The number of nitrogens with one attached hydrogen (secondary N) is 1. The summed E-state index contributed by atoms with van der Waals surface area (Å²) in [4.78, 5) is 14.8. The van der Waals surface area contributed by atoms with E-state index in [1.807, 2.05) is 0 Å². The standard InChI is InChI=1S/C18H11F6N3O3S/c1-27-8-13(25-16(27)15-11(20)6-9(19)7-12(15)21)17(28)26-31(29,30)14-5-3-2-4-10(14)18(22,23)24/h2-8H,1H3,(H,26,28). The number of rotatable bonds is 4. The fourth-order valence-corrected chi connectivity index (χ4v) is 3.92. The number of carbonyl (C=O) groups excluding carboxylic acids is 1. The molecule has 0 aliphatic heterocycles. The van der Waals surface area contributed by atoms with E-state index < -0.39 is 67.1 Å². The zero-order chi connectivity index (χ0) is 23.1. The topological polar surface area (TPSA) is 81.1 Å². The summed E-state index contributed by atoms with van der Waals surface area (Å²) in [6, 6.07) is 3.95. The Labute approximate surface area is 171 Å². The van der Waals surface area contributed by atoms with Crippen LogP contribution in [-0.4, -0.2) is 23.9 Å². The molecule has 0 fully saturated rings. The third kappa shape index (κ3) is 4.40. The third-order valence-corrected chi connectivity index (χ3v) is 5.44. The Kier molecular flexibility index (Phi) is 5.56. The van der Waals surface area contributed by atoms with Crippen molar-refractivity contribution >= 4 is 15.9 Å². The van der Waals surface area contributed by atoms with Crippen LogP contribution in [0.25, 0.3) is 11.4 Å². The first kappa shape index (κ1) is 22.3. The van der Waals surface area contributed by atoms with Gasteiger partial charge in [0.05, 0.1) is 16.0 Å². The molecule has 0 unspecified atom stereocenters.